The number of hydrogen-bond donors (Lipinski definition) is 0. The number of furan rings is 1. The van der Waals surface area contributed by atoms with E-state index in [1.54, 1.807) is 24.3 Å². The van der Waals surface area contributed by atoms with Gasteiger partial charge in [0.2, 0.25) is 0 Å². The van der Waals surface area contributed by atoms with Gasteiger partial charge in [-0.1, -0.05) is 104 Å². The van der Waals surface area contributed by atoms with Crippen LogP contribution in [-0.4, -0.2) is 58.4 Å². The zero-order valence-electron chi connectivity index (χ0n) is 37.2. The van der Waals surface area contributed by atoms with Gasteiger partial charge in [0.15, 0.2) is 11.5 Å². The van der Waals surface area contributed by atoms with Gasteiger partial charge in [0.05, 0.1) is 13.2 Å². The first kappa shape index (κ1) is 45.9. The molecular formula is C49H52F6O5S3. The smallest absolute Gasteiger partial charge is 0.377 e. The van der Waals surface area contributed by atoms with Crippen molar-refractivity contribution in [2.75, 3.05) is 40.6 Å². The van der Waals surface area contributed by atoms with Crippen molar-refractivity contribution in [2.45, 2.75) is 96.3 Å². The molecule has 1 fully saturated rings. The van der Waals surface area contributed by atoms with Crippen molar-refractivity contribution in [1.82, 2.24) is 0 Å². The summed E-state index contributed by atoms with van der Waals surface area (Å²) in [5.41, 5.74) is -5.27. The molecule has 8 rings (SSSR count). The Bertz CT molecular complexity index is 2740. The van der Waals surface area contributed by atoms with E-state index in [1.165, 1.54) is 72.9 Å². The van der Waals surface area contributed by atoms with Crippen molar-refractivity contribution in [3.63, 3.8) is 0 Å². The van der Waals surface area contributed by atoms with E-state index in [-0.39, 0.29) is 80.8 Å². The van der Waals surface area contributed by atoms with E-state index in [4.69, 9.17) is 23.4 Å². The average molecular weight is 931 g/mol. The molecule has 338 valence electrons. The molecule has 2 aliphatic carbocycles. The van der Waals surface area contributed by atoms with E-state index in [0.29, 0.717) is 14.7 Å². The lowest BCUT2D eigenvalue weighted by Crippen LogP contribution is -2.57. The SMILES string of the molecule is COCCOc1cc2oc(-c3ccc(C(C)(C)C)cc3)c([C@]34C(=c5cc(-c6ccc(C(C)(C)C)s6)sc5=C5SC(C(C)(C)C)=C[C@H]53)C(F)(F)C(F)(F)C4(F)F)c2cc1OCCOC. The fraction of sp³-hybridized carbons (Fsp3) is 0.469. The third-order valence-electron chi connectivity index (χ3n) is 12.1. The highest BCUT2D eigenvalue weighted by atomic mass is 32.2. The number of thioether (sulfide) groups is 1. The predicted octanol–water partition coefficient (Wildman–Crippen LogP) is 13.0. The van der Waals surface area contributed by atoms with Gasteiger partial charge in [-0.15, -0.1) is 22.7 Å². The molecule has 0 unspecified atom stereocenters. The lowest BCUT2D eigenvalue weighted by Gasteiger charge is -2.42. The van der Waals surface area contributed by atoms with Gasteiger partial charge < -0.3 is 23.4 Å². The van der Waals surface area contributed by atoms with Crippen LogP contribution in [0, 0.1) is 11.3 Å². The first-order chi connectivity index (χ1) is 29.3. The number of thiophene rings is 2. The van der Waals surface area contributed by atoms with Crippen molar-refractivity contribution in [3.05, 3.63) is 91.3 Å². The normalized spacial score (nSPS) is 21.4. The van der Waals surface area contributed by atoms with E-state index < -0.39 is 45.7 Å². The Kier molecular flexibility index (Phi) is 11.3. The summed E-state index contributed by atoms with van der Waals surface area (Å²) in [7, 11) is 2.98. The number of ether oxygens (including phenoxy) is 4. The quantitative estimate of drug-likeness (QED) is 0.0972. The summed E-state index contributed by atoms with van der Waals surface area (Å²) in [5, 5.41) is -0.402. The van der Waals surface area contributed by atoms with E-state index in [1.807, 2.05) is 53.7 Å². The van der Waals surface area contributed by atoms with Crippen molar-refractivity contribution < 1.29 is 49.7 Å². The van der Waals surface area contributed by atoms with Crippen LogP contribution in [0.1, 0.15) is 78.3 Å². The number of alkyl halides is 6. The Morgan fingerprint density at radius 1 is 0.667 bits per heavy atom. The standard InChI is InChI=1S/C49H52F6O5S3/c1-43(2,3)27-14-12-26(13-15-27)39-38(28-22-32(58-20-18-56-10)33(25-31(28)60-39)59-21-19-57-11)46-30-24-37(45(7,8)9)63-41(30)40-29(42(46)47(50,51)49(54,55)48(46,52)53)23-35(62-40)34-16-17-36(61-34)44(4,5)6/h12-17,22-25,30H,18-21H2,1-11H3/t30-,46+/m1/s1. The van der Waals surface area contributed by atoms with Gasteiger partial charge >= 0.3 is 17.8 Å². The Hall–Kier alpha value is -3.69. The number of rotatable bonds is 11. The van der Waals surface area contributed by atoms with Gasteiger partial charge in [0, 0.05) is 77.6 Å². The lowest BCUT2D eigenvalue weighted by molar-refractivity contribution is -0.277. The van der Waals surface area contributed by atoms with Crippen LogP contribution in [0.5, 0.6) is 11.5 Å². The fourth-order valence-corrected chi connectivity index (χ4v) is 12.7. The molecule has 5 aromatic rings. The first-order valence-electron chi connectivity index (χ1n) is 20.8. The van der Waals surface area contributed by atoms with Crippen molar-refractivity contribution in [1.29, 1.82) is 0 Å². The van der Waals surface area contributed by atoms with E-state index in [0.717, 1.165) is 15.3 Å². The molecular weight excluding hydrogens is 879 g/mol. The third-order valence-corrected chi connectivity index (χ3v) is 16.7. The highest BCUT2D eigenvalue weighted by Gasteiger charge is 2.91. The summed E-state index contributed by atoms with van der Waals surface area (Å²) in [6.45, 7) is 18.3. The van der Waals surface area contributed by atoms with Crippen LogP contribution in [0.25, 0.3) is 42.5 Å². The highest BCUT2D eigenvalue weighted by Crippen LogP contribution is 2.76. The molecule has 5 nitrogen and oxygen atoms in total. The van der Waals surface area contributed by atoms with Gasteiger partial charge in [-0.25, -0.2) is 0 Å². The molecule has 0 N–H and O–H groups in total. The Morgan fingerprint density at radius 3 is 1.84 bits per heavy atom. The molecule has 63 heavy (non-hydrogen) atoms. The maximum atomic E-state index is 18.2. The summed E-state index contributed by atoms with van der Waals surface area (Å²) in [6.07, 6.45) is 1.53. The second kappa shape index (κ2) is 15.5. The second-order valence-corrected chi connectivity index (χ2v) is 22.7. The van der Waals surface area contributed by atoms with Crippen LogP contribution in [-0.2, 0) is 25.7 Å². The highest BCUT2D eigenvalue weighted by molar-refractivity contribution is 8.11. The molecule has 0 amide bonds. The molecule has 3 aliphatic rings. The van der Waals surface area contributed by atoms with Gasteiger partial charge in [0.1, 0.15) is 30.0 Å². The molecule has 2 atom stereocenters. The van der Waals surface area contributed by atoms with Crippen molar-refractivity contribution in [3.8, 4) is 32.6 Å². The third kappa shape index (κ3) is 7.02. The second-order valence-electron chi connectivity index (χ2n) is 19.5. The molecule has 14 heteroatoms. The van der Waals surface area contributed by atoms with Crippen LogP contribution >= 0.6 is 34.4 Å². The first-order valence-corrected chi connectivity index (χ1v) is 23.3. The number of fused-ring (bicyclic) bond motifs is 5. The van der Waals surface area contributed by atoms with Gasteiger partial charge in [-0.2, -0.15) is 26.3 Å². The van der Waals surface area contributed by atoms with Crippen LogP contribution in [0.15, 0.2) is 70.0 Å². The lowest BCUT2D eigenvalue weighted by atomic mass is 9.61. The van der Waals surface area contributed by atoms with Gasteiger partial charge in [-0.3, -0.25) is 0 Å². The van der Waals surface area contributed by atoms with E-state index in [9.17, 15) is 0 Å². The molecule has 1 aliphatic heterocycles. The van der Waals surface area contributed by atoms with E-state index >= 15 is 26.3 Å². The van der Waals surface area contributed by atoms with Gasteiger partial charge in [0.25, 0.3) is 0 Å². The summed E-state index contributed by atoms with van der Waals surface area (Å²) in [6, 6.07) is 15.0. The number of benzene rings is 2. The molecule has 2 aromatic carbocycles. The van der Waals surface area contributed by atoms with Crippen LogP contribution in [0.3, 0.4) is 0 Å². The summed E-state index contributed by atoms with van der Waals surface area (Å²) in [5.74, 6) is -18.2. The molecule has 3 aromatic heterocycles. The minimum Gasteiger partial charge on any atom is -0.487 e. The fourth-order valence-electron chi connectivity index (χ4n) is 8.80. The largest absolute Gasteiger partial charge is 0.487 e. The maximum absolute atomic E-state index is 18.2. The van der Waals surface area contributed by atoms with Crippen LogP contribution in [0.2, 0.25) is 0 Å². The molecule has 1 saturated carbocycles. The molecule has 0 bridgehead atoms. The zero-order chi connectivity index (χ0) is 45.9. The number of methoxy groups -OCH3 is 2. The number of halogens is 6. The Balaban J connectivity index is 1.56. The van der Waals surface area contributed by atoms with Gasteiger partial charge in [-0.05, 0) is 51.0 Å². The Morgan fingerprint density at radius 2 is 1.29 bits per heavy atom. The van der Waals surface area contributed by atoms with E-state index in [2.05, 4.69) is 20.8 Å². The zero-order valence-corrected chi connectivity index (χ0v) is 39.7. The topological polar surface area (TPSA) is 50.1 Å². The summed E-state index contributed by atoms with van der Waals surface area (Å²) < 4.78 is 135. The van der Waals surface area contributed by atoms with Crippen LogP contribution in [0.4, 0.5) is 26.3 Å². The van der Waals surface area contributed by atoms with Crippen molar-refractivity contribution >= 4 is 55.9 Å². The maximum Gasteiger partial charge on any atom is 0.377 e. The molecule has 0 saturated heterocycles. The molecule has 0 radical (unpaired) electrons. The summed E-state index contributed by atoms with van der Waals surface area (Å²) in [4.78, 5) is 3.19. The molecule has 4 heterocycles. The molecule has 0 spiro atoms. The summed E-state index contributed by atoms with van der Waals surface area (Å²) >= 11 is 3.84. The number of hydrogen-bond acceptors (Lipinski definition) is 8. The minimum absolute atomic E-state index is 0.00132. The van der Waals surface area contributed by atoms with Crippen molar-refractivity contribution in [2.24, 2.45) is 11.3 Å². The number of allylic oxidation sites excluding steroid dienone is 2. The average Bonchev–Trinajstić information content (AvgIpc) is 4.02. The predicted molar refractivity (Wildman–Crippen MR) is 243 cm³/mol. The Labute approximate surface area is 376 Å². The minimum atomic E-state index is -5.84. The monoisotopic (exact) mass is 930 g/mol. The van der Waals surface area contributed by atoms with Crippen LogP contribution < -0.4 is 19.2 Å².